The highest BCUT2D eigenvalue weighted by Crippen LogP contribution is 2.60. The van der Waals surface area contributed by atoms with Crippen LogP contribution in [0.25, 0.3) is 60.9 Å². The van der Waals surface area contributed by atoms with Crippen molar-refractivity contribution in [2.45, 2.75) is 120 Å². The molecule has 0 aliphatic heterocycles. The molecule has 7 aromatic rings. The lowest BCUT2D eigenvalue weighted by Gasteiger charge is -2.44. The number of rotatable bonds is 5. The zero-order valence-corrected chi connectivity index (χ0v) is 34.2. The van der Waals surface area contributed by atoms with Gasteiger partial charge in [-0.15, -0.1) is 0 Å². The van der Waals surface area contributed by atoms with Gasteiger partial charge in [-0.1, -0.05) is 136 Å². The van der Waals surface area contributed by atoms with Crippen LogP contribution in [0.1, 0.15) is 125 Å². The Labute approximate surface area is 344 Å². The first kappa shape index (κ1) is 34.9. The van der Waals surface area contributed by atoms with E-state index in [-0.39, 0.29) is 0 Å². The second kappa shape index (κ2) is 14.0. The lowest BCUT2D eigenvalue weighted by molar-refractivity contribution is 0.325. The van der Waals surface area contributed by atoms with Crippen LogP contribution in [0.15, 0.2) is 127 Å². The lowest BCUT2D eigenvalue weighted by atomic mass is 9.69. The highest BCUT2D eigenvalue weighted by molar-refractivity contribution is 6.09. The van der Waals surface area contributed by atoms with Crippen molar-refractivity contribution < 1.29 is 0 Å². The molecule has 0 amide bonds. The van der Waals surface area contributed by atoms with Crippen molar-refractivity contribution in [1.82, 2.24) is 4.57 Å². The van der Waals surface area contributed by atoms with E-state index in [4.69, 9.17) is 0 Å². The van der Waals surface area contributed by atoms with Gasteiger partial charge in [-0.3, -0.25) is 0 Å². The molecule has 6 aromatic carbocycles. The van der Waals surface area contributed by atoms with E-state index in [1.807, 2.05) is 0 Å². The molecule has 5 aliphatic carbocycles. The first-order valence-electron chi connectivity index (χ1n) is 23.0. The Balaban J connectivity index is 0.939. The third kappa shape index (κ3) is 5.43. The Morgan fingerprint density at radius 1 is 0.517 bits per heavy atom. The molecule has 3 saturated carbocycles. The molecule has 5 atom stereocenters. The van der Waals surface area contributed by atoms with Gasteiger partial charge < -0.3 is 9.47 Å². The Morgan fingerprint density at radius 2 is 1.26 bits per heavy atom. The molecule has 1 aromatic heterocycles. The topological polar surface area (TPSA) is 8.17 Å². The van der Waals surface area contributed by atoms with Gasteiger partial charge in [0.05, 0.1) is 11.0 Å². The summed E-state index contributed by atoms with van der Waals surface area (Å²) in [5, 5.41) is 2.70. The fourth-order valence-electron chi connectivity index (χ4n) is 13.2. The molecule has 2 nitrogen and oxygen atoms in total. The van der Waals surface area contributed by atoms with Gasteiger partial charge >= 0.3 is 0 Å². The van der Waals surface area contributed by atoms with Crippen molar-refractivity contribution in [3.05, 3.63) is 144 Å². The van der Waals surface area contributed by atoms with Gasteiger partial charge in [0.1, 0.15) is 0 Å². The Hall–Kier alpha value is -5.08. The maximum atomic E-state index is 3.02. The monoisotopic (exact) mass is 756 g/mol. The van der Waals surface area contributed by atoms with E-state index in [1.165, 1.54) is 150 Å². The molecule has 0 N–H and O–H groups in total. The van der Waals surface area contributed by atoms with Gasteiger partial charge in [0.2, 0.25) is 0 Å². The van der Waals surface area contributed by atoms with Crippen LogP contribution >= 0.6 is 0 Å². The van der Waals surface area contributed by atoms with E-state index in [0.29, 0.717) is 35.8 Å². The zero-order chi connectivity index (χ0) is 38.3. The molecule has 3 fully saturated rings. The largest absolute Gasteiger partial charge is 0.365 e. The number of nitrogens with zero attached hydrogens (tertiary/aromatic N) is 2. The fraction of sp³-hybridized carbons (Fsp3) is 0.357. The average Bonchev–Trinajstić information content (AvgIpc) is 3.41. The quantitative estimate of drug-likeness (QED) is 0.159. The van der Waals surface area contributed by atoms with E-state index in [0.717, 1.165) is 0 Å². The van der Waals surface area contributed by atoms with E-state index in [1.54, 1.807) is 16.7 Å². The summed E-state index contributed by atoms with van der Waals surface area (Å²) in [6, 6.07) is 50.9. The Kier molecular flexibility index (Phi) is 8.45. The van der Waals surface area contributed by atoms with Crippen LogP contribution in [0.2, 0.25) is 0 Å². The van der Waals surface area contributed by atoms with Gasteiger partial charge in [-0.25, -0.2) is 0 Å². The van der Waals surface area contributed by atoms with Crippen LogP contribution in [-0.4, -0.2) is 16.7 Å². The minimum absolute atomic E-state index is 0.540. The molecule has 6 bridgehead atoms. The smallest absolute Gasteiger partial charge is 0.0543 e. The Bertz CT molecular complexity index is 2680. The Morgan fingerprint density at radius 3 is 2.14 bits per heavy atom. The van der Waals surface area contributed by atoms with Crippen molar-refractivity contribution in [3.63, 3.8) is 0 Å². The van der Waals surface area contributed by atoms with Gasteiger partial charge in [0.25, 0.3) is 0 Å². The normalized spacial score (nSPS) is 23.8. The van der Waals surface area contributed by atoms with Crippen LogP contribution in [0.4, 0.5) is 5.69 Å². The van der Waals surface area contributed by atoms with Crippen molar-refractivity contribution in [3.8, 4) is 39.1 Å². The van der Waals surface area contributed by atoms with Crippen LogP contribution < -0.4 is 4.90 Å². The third-order valence-corrected chi connectivity index (χ3v) is 15.8. The van der Waals surface area contributed by atoms with Crippen LogP contribution in [0.5, 0.6) is 0 Å². The summed E-state index contributed by atoms with van der Waals surface area (Å²) < 4.78 is 2.50. The number of anilines is 1. The lowest BCUT2D eigenvalue weighted by Crippen LogP contribution is -2.47. The number of fused-ring (bicyclic) bond motifs is 7. The van der Waals surface area contributed by atoms with Gasteiger partial charge in [0.15, 0.2) is 0 Å². The second-order valence-electron chi connectivity index (χ2n) is 18.8. The maximum absolute atomic E-state index is 3.02. The predicted octanol–water partition coefficient (Wildman–Crippen LogP) is 15.4. The van der Waals surface area contributed by atoms with Crippen LogP contribution in [-0.2, 0) is 0 Å². The number of hydrogen-bond acceptors (Lipinski definition) is 1. The number of para-hydroxylation sites is 2. The summed E-state index contributed by atoms with van der Waals surface area (Å²) in [7, 11) is 0. The molecular formula is C56H56N2. The summed E-state index contributed by atoms with van der Waals surface area (Å²) in [6.07, 6.45) is 17.1. The van der Waals surface area contributed by atoms with Gasteiger partial charge in [-0.2, -0.15) is 0 Å². The maximum Gasteiger partial charge on any atom is 0.0543 e. The molecule has 5 aliphatic rings. The van der Waals surface area contributed by atoms with E-state index in [2.05, 4.69) is 144 Å². The van der Waals surface area contributed by atoms with Gasteiger partial charge in [-0.05, 0) is 155 Å². The molecule has 58 heavy (non-hydrogen) atoms. The van der Waals surface area contributed by atoms with E-state index in [9.17, 15) is 0 Å². The van der Waals surface area contributed by atoms with Crippen LogP contribution in [0, 0.1) is 5.92 Å². The third-order valence-electron chi connectivity index (χ3n) is 15.8. The van der Waals surface area contributed by atoms with Crippen LogP contribution in [0.3, 0.4) is 0 Å². The van der Waals surface area contributed by atoms with Crippen molar-refractivity contribution in [2.75, 3.05) is 4.90 Å². The number of hydrogen-bond donors (Lipinski definition) is 0. The first-order chi connectivity index (χ1) is 28.7. The summed E-state index contributed by atoms with van der Waals surface area (Å²) in [5.41, 5.74) is 19.2. The summed E-state index contributed by atoms with van der Waals surface area (Å²) >= 11 is 0. The first-order valence-corrected chi connectivity index (χ1v) is 23.0. The van der Waals surface area contributed by atoms with E-state index >= 15 is 0 Å². The molecule has 12 rings (SSSR count). The molecule has 2 heteroatoms. The minimum atomic E-state index is 0.540. The van der Waals surface area contributed by atoms with Crippen molar-refractivity contribution in [2.24, 2.45) is 5.92 Å². The molecule has 0 spiro atoms. The van der Waals surface area contributed by atoms with Crippen molar-refractivity contribution >= 4 is 27.5 Å². The van der Waals surface area contributed by atoms with E-state index < -0.39 is 0 Å². The molecule has 290 valence electrons. The highest BCUT2D eigenvalue weighted by atomic mass is 15.2. The summed E-state index contributed by atoms with van der Waals surface area (Å²) in [6.45, 7) is 2.61. The zero-order valence-electron chi connectivity index (χ0n) is 34.2. The number of aromatic nitrogens is 1. The van der Waals surface area contributed by atoms with Crippen molar-refractivity contribution in [1.29, 1.82) is 0 Å². The standard InChI is InChI=1S/C56H56N2/c1-36-33-37(38-29-31-45-44-21-10-11-27-53(44)58(54(45)34-38)40-18-6-3-7-19-40)15-12-28-52(36)57(39-16-4-2-5-17-39)41-30-32-43-48-24-14-25-49-50-26-13-23-47(56(50)51(43)35-41)42-20-8-9-22-46(42)55(48)49/h3,6-7,10-11,13-14,18-19,21,23-27,29-32,34-37,39,42,46,52H,2,4-5,8-9,12,15-17,20,22,28,33H2,1H3. The molecular weight excluding hydrogens is 701 g/mol. The average molecular weight is 757 g/mol. The molecule has 5 unspecified atom stereocenters. The molecule has 0 radical (unpaired) electrons. The SMILES string of the molecule is CC1CC(c2ccc3c4ccccc4n(-c4ccccc4)c3c2)CCCC1N(c1ccc2c(c1)-c1c3cccc1C1CCCCC1c1c-2cccc1-3)C1CCCCC1. The second-order valence-corrected chi connectivity index (χ2v) is 18.8. The summed E-state index contributed by atoms with van der Waals surface area (Å²) in [4.78, 5) is 3.02. The van der Waals surface area contributed by atoms with Gasteiger partial charge in [0, 0.05) is 34.2 Å². The number of benzene rings is 6. The molecule has 0 saturated heterocycles. The molecule has 1 heterocycles. The minimum Gasteiger partial charge on any atom is -0.365 e. The highest BCUT2D eigenvalue weighted by Gasteiger charge is 2.40. The summed E-state index contributed by atoms with van der Waals surface area (Å²) in [5.74, 6) is 2.42. The predicted molar refractivity (Wildman–Crippen MR) is 245 cm³/mol. The fourth-order valence-corrected chi connectivity index (χ4v) is 13.2.